The Morgan fingerprint density at radius 3 is 2.65 bits per heavy atom. The van der Waals surface area contributed by atoms with Gasteiger partial charge in [0, 0.05) is 18.7 Å². The summed E-state index contributed by atoms with van der Waals surface area (Å²) in [7, 11) is 1.45. The molecule has 3 nitrogen and oxygen atoms in total. The molecule has 1 fully saturated rings. The van der Waals surface area contributed by atoms with Gasteiger partial charge in [-0.3, -0.25) is 9.69 Å². The summed E-state index contributed by atoms with van der Waals surface area (Å²) in [5, 5.41) is 0. The Morgan fingerprint density at radius 1 is 1.27 bits per heavy atom. The Labute approximate surface area is 156 Å². The molecule has 0 amide bonds. The minimum absolute atomic E-state index is 0.0460. The van der Waals surface area contributed by atoms with Gasteiger partial charge < -0.3 is 4.65 Å². The predicted molar refractivity (Wildman–Crippen MR) is 101 cm³/mol. The van der Waals surface area contributed by atoms with Crippen molar-refractivity contribution in [3.63, 3.8) is 0 Å². The highest BCUT2D eigenvalue weighted by atomic mass is 19.1. The Morgan fingerprint density at radius 2 is 2.00 bits per heavy atom. The van der Waals surface area contributed by atoms with Crippen LogP contribution in [0.1, 0.15) is 63.9 Å². The fourth-order valence-electron chi connectivity index (χ4n) is 3.92. The first kappa shape index (κ1) is 20.9. The van der Waals surface area contributed by atoms with Crippen LogP contribution in [0.2, 0.25) is 0 Å². The van der Waals surface area contributed by atoms with Gasteiger partial charge in [-0.15, -0.1) is 0 Å². The van der Waals surface area contributed by atoms with Gasteiger partial charge in [-0.2, -0.15) is 0 Å². The van der Waals surface area contributed by atoms with Gasteiger partial charge in [-0.1, -0.05) is 26.2 Å². The third-order valence-corrected chi connectivity index (χ3v) is 5.35. The molecule has 2 unspecified atom stereocenters. The predicted octanol–water partition coefficient (Wildman–Crippen LogP) is 4.00. The second-order valence-corrected chi connectivity index (χ2v) is 7.34. The molecule has 1 saturated heterocycles. The maximum atomic E-state index is 13.5. The van der Waals surface area contributed by atoms with E-state index in [4.69, 9.17) is 4.65 Å². The van der Waals surface area contributed by atoms with E-state index in [1.54, 1.807) is 0 Å². The van der Waals surface area contributed by atoms with E-state index in [0.717, 1.165) is 64.0 Å². The van der Waals surface area contributed by atoms with Crippen molar-refractivity contribution in [1.82, 2.24) is 4.90 Å². The molecular weight excluding hydrogens is 335 g/mol. The van der Waals surface area contributed by atoms with Gasteiger partial charge in [-0.05, 0) is 56.3 Å². The van der Waals surface area contributed by atoms with E-state index < -0.39 is 11.6 Å². The maximum absolute atomic E-state index is 13.5. The third kappa shape index (κ3) is 6.38. The van der Waals surface area contributed by atoms with Crippen molar-refractivity contribution in [2.75, 3.05) is 6.54 Å². The summed E-state index contributed by atoms with van der Waals surface area (Å²) in [5.41, 5.74) is 0.671. The number of hydrogen-bond acceptors (Lipinski definition) is 3. The number of piperidine rings is 1. The molecule has 2 atom stereocenters. The first-order valence-electron chi connectivity index (χ1n) is 9.80. The van der Waals surface area contributed by atoms with Crippen LogP contribution in [0.4, 0.5) is 8.78 Å². The normalized spacial score (nSPS) is 19.3. The first-order valence-corrected chi connectivity index (χ1v) is 9.80. The summed E-state index contributed by atoms with van der Waals surface area (Å²) in [6.07, 6.45) is 8.02. The van der Waals surface area contributed by atoms with E-state index in [1.165, 1.54) is 20.2 Å². The van der Waals surface area contributed by atoms with Crippen LogP contribution < -0.4 is 0 Å². The van der Waals surface area contributed by atoms with Crippen molar-refractivity contribution in [1.29, 1.82) is 0 Å². The van der Waals surface area contributed by atoms with Crippen LogP contribution >= 0.6 is 0 Å². The fourth-order valence-corrected chi connectivity index (χ4v) is 3.92. The minimum Gasteiger partial charge on any atom is -0.543 e. The molecule has 2 rings (SSSR count). The molecule has 6 heteroatoms. The summed E-state index contributed by atoms with van der Waals surface area (Å²) >= 11 is 0. The molecule has 0 bridgehead atoms. The molecule has 0 aromatic heterocycles. The van der Waals surface area contributed by atoms with Crippen LogP contribution in [-0.2, 0) is 16.0 Å². The summed E-state index contributed by atoms with van der Waals surface area (Å²) in [6, 6.07) is 4.08. The zero-order valence-corrected chi connectivity index (χ0v) is 16.0. The number of hydrogen-bond donors (Lipinski definition) is 0. The monoisotopic (exact) mass is 365 g/mol. The largest absolute Gasteiger partial charge is 0.543 e. The number of unbranched alkanes of at least 4 members (excludes halogenated alkanes) is 1. The van der Waals surface area contributed by atoms with E-state index in [-0.39, 0.29) is 11.9 Å². The Kier molecular flexibility index (Phi) is 8.56. The highest BCUT2D eigenvalue weighted by molar-refractivity contribution is 6.05. The van der Waals surface area contributed by atoms with Gasteiger partial charge in [0.2, 0.25) is 0 Å². The molecule has 1 aliphatic rings. The molecule has 26 heavy (non-hydrogen) atoms. The molecule has 144 valence electrons. The fraction of sp³-hybridized carbons (Fsp3) is 0.650. The summed E-state index contributed by atoms with van der Waals surface area (Å²) in [5.74, 6) is -1.22. The summed E-state index contributed by atoms with van der Waals surface area (Å²) < 4.78 is 31.9. The van der Waals surface area contributed by atoms with Gasteiger partial charge in [0.1, 0.15) is 11.6 Å². The number of carbonyl (C=O) groups is 1. The highest BCUT2D eigenvalue weighted by Gasteiger charge is 2.26. The molecule has 0 saturated carbocycles. The molecule has 1 heterocycles. The van der Waals surface area contributed by atoms with Crippen LogP contribution in [0.25, 0.3) is 0 Å². The summed E-state index contributed by atoms with van der Waals surface area (Å²) in [4.78, 5) is 14.3. The van der Waals surface area contributed by atoms with Gasteiger partial charge in [0.25, 0.3) is 5.97 Å². The van der Waals surface area contributed by atoms with Gasteiger partial charge in [-0.25, -0.2) is 8.78 Å². The number of nitrogens with zero attached hydrogens (tertiary/aromatic N) is 1. The second kappa shape index (κ2) is 10.7. The third-order valence-electron chi connectivity index (χ3n) is 5.35. The van der Waals surface area contributed by atoms with Crippen molar-refractivity contribution < 1.29 is 18.2 Å². The Bertz CT molecular complexity index is 565. The van der Waals surface area contributed by atoms with Crippen LogP contribution in [0.3, 0.4) is 0 Å². The van der Waals surface area contributed by atoms with E-state index >= 15 is 0 Å². The second-order valence-electron chi connectivity index (χ2n) is 7.34. The quantitative estimate of drug-likeness (QED) is 0.620. The van der Waals surface area contributed by atoms with E-state index in [1.807, 2.05) is 0 Å². The lowest BCUT2D eigenvalue weighted by Gasteiger charge is -2.36. The molecule has 1 aliphatic heterocycles. The van der Waals surface area contributed by atoms with Crippen LogP contribution in [0, 0.1) is 17.6 Å². The topological polar surface area (TPSA) is 29.5 Å². The average Bonchev–Trinajstić information content (AvgIpc) is 2.61. The smallest absolute Gasteiger partial charge is 0.325 e. The number of benzene rings is 1. The van der Waals surface area contributed by atoms with E-state index in [2.05, 4.69) is 11.8 Å². The molecule has 1 aromatic carbocycles. The van der Waals surface area contributed by atoms with Crippen LogP contribution in [0.15, 0.2) is 18.2 Å². The Hall–Kier alpha value is -1.43. The number of halogens is 2. The Balaban J connectivity index is 1.97. The number of likely N-dealkylation sites (tertiary alicyclic amines) is 1. The maximum Gasteiger partial charge on any atom is 0.325 e. The SMILES string of the molecule is BOC(=O)C(CCCC)CCC1CCCCN1Cc1cc(F)cc(F)c1. The van der Waals surface area contributed by atoms with Gasteiger partial charge in [0.05, 0.1) is 5.92 Å². The lowest BCUT2D eigenvalue weighted by molar-refractivity contribution is -0.139. The summed E-state index contributed by atoms with van der Waals surface area (Å²) in [6.45, 7) is 3.60. The van der Waals surface area contributed by atoms with E-state index in [0.29, 0.717) is 18.2 Å². The number of carbonyl (C=O) groups excluding carboxylic acids is 1. The molecular formula is C20H30BF2NO2. The highest BCUT2D eigenvalue weighted by Crippen LogP contribution is 2.26. The molecule has 0 spiro atoms. The lowest BCUT2D eigenvalue weighted by atomic mass is 9.90. The van der Waals surface area contributed by atoms with Crippen molar-refractivity contribution in [3.05, 3.63) is 35.4 Å². The van der Waals surface area contributed by atoms with Crippen molar-refractivity contribution >= 4 is 14.0 Å². The van der Waals surface area contributed by atoms with Crippen molar-refractivity contribution in [2.45, 2.75) is 70.9 Å². The molecule has 0 N–H and O–H groups in total. The van der Waals surface area contributed by atoms with Crippen LogP contribution in [0.5, 0.6) is 0 Å². The zero-order chi connectivity index (χ0) is 18.9. The first-order chi connectivity index (χ1) is 12.5. The number of rotatable bonds is 9. The van der Waals surface area contributed by atoms with Gasteiger partial charge >= 0.3 is 8.05 Å². The molecule has 0 radical (unpaired) electrons. The lowest BCUT2D eigenvalue weighted by Crippen LogP contribution is -2.39. The van der Waals surface area contributed by atoms with Gasteiger partial charge in [0.15, 0.2) is 0 Å². The minimum atomic E-state index is -0.529. The zero-order valence-electron chi connectivity index (χ0n) is 16.0. The van der Waals surface area contributed by atoms with Crippen LogP contribution in [-0.4, -0.2) is 31.5 Å². The molecule has 1 aromatic rings. The average molecular weight is 365 g/mol. The van der Waals surface area contributed by atoms with E-state index in [9.17, 15) is 13.6 Å². The standard InChI is InChI=1S/C20H30BF2NO2/c1-2-3-6-16(20(25)26-21)8-9-19-7-4-5-10-24(19)14-15-11-17(22)13-18(23)12-15/h11-13,16,19H,2-10,14,21H2,1H3. The molecule has 0 aliphatic carbocycles. The van der Waals surface area contributed by atoms with Crippen molar-refractivity contribution in [3.8, 4) is 0 Å². The van der Waals surface area contributed by atoms with Crippen molar-refractivity contribution in [2.24, 2.45) is 5.92 Å².